The van der Waals surface area contributed by atoms with Gasteiger partial charge in [-0.05, 0) is 86.3 Å². The van der Waals surface area contributed by atoms with Crippen LogP contribution in [0, 0.1) is 11.8 Å². The molecule has 2 aromatic rings. The lowest BCUT2D eigenvalue weighted by Gasteiger charge is -2.47. The molecule has 4 amide bonds. The van der Waals surface area contributed by atoms with E-state index >= 15 is 0 Å². The van der Waals surface area contributed by atoms with E-state index in [9.17, 15) is 24.0 Å². The van der Waals surface area contributed by atoms with E-state index in [-0.39, 0.29) is 30.7 Å². The number of ketones is 1. The monoisotopic (exact) mass is 684 g/mol. The van der Waals surface area contributed by atoms with E-state index in [1.165, 1.54) is 0 Å². The quantitative estimate of drug-likeness (QED) is 0.203. The third-order valence-corrected chi connectivity index (χ3v) is 9.80. The van der Waals surface area contributed by atoms with Gasteiger partial charge in [0.1, 0.15) is 12.1 Å². The number of rotatable bonds is 14. The van der Waals surface area contributed by atoms with Crippen molar-refractivity contribution < 1.29 is 28.7 Å². The molecule has 0 bridgehead atoms. The van der Waals surface area contributed by atoms with Crippen molar-refractivity contribution in [3.8, 4) is 0 Å². The Morgan fingerprint density at radius 1 is 0.957 bits per heavy atom. The zero-order valence-electron chi connectivity index (χ0n) is 26.7. The number of ether oxygens (including phenoxy) is 1. The summed E-state index contributed by atoms with van der Waals surface area (Å²) in [7, 11) is 0. The van der Waals surface area contributed by atoms with Crippen LogP contribution >= 0.6 is 23.2 Å². The maximum absolute atomic E-state index is 13.8. The fourth-order valence-electron chi connectivity index (χ4n) is 6.48. The third kappa shape index (κ3) is 8.65. The van der Waals surface area contributed by atoms with Crippen molar-refractivity contribution in [2.45, 2.75) is 94.9 Å². The number of benzene rings is 2. The number of hydrogen-bond acceptors (Lipinski definition) is 6. The average Bonchev–Trinajstić information content (AvgIpc) is 3.73. The third-order valence-electron chi connectivity index (χ3n) is 9.31. The minimum atomic E-state index is -1.23. The van der Waals surface area contributed by atoms with Crippen LogP contribution in [0.2, 0.25) is 10.0 Å². The lowest BCUT2D eigenvalue weighted by Crippen LogP contribution is -2.55. The van der Waals surface area contributed by atoms with Gasteiger partial charge in [-0.2, -0.15) is 0 Å². The summed E-state index contributed by atoms with van der Waals surface area (Å²) in [5, 5.41) is 12.0. The van der Waals surface area contributed by atoms with Gasteiger partial charge in [-0.15, -0.1) is 0 Å². The zero-order valence-corrected chi connectivity index (χ0v) is 28.2. The topological polar surface area (TPSA) is 143 Å². The Labute approximate surface area is 285 Å². The van der Waals surface area contributed by atoms with Crippen LogP contribution in [-0.4, -0.2) is 54.3 Å². The summed E-state index contributed by atoms with van der Waals surface area (Å²) in [6, 6.07) is 12.3. The van der Waals surface area contributed by atoms with Gasteiger partial charge in [0, 0.05) is 34.0 Å². The molecule has 0 radical (unpaired) electrons. The van der Waals surface area contributed by atoms with Crippen LogP contribution in [0.3, 0.4) is 0 Å². The Morgan fingerprint density at radius 3 is 2.26 bits per heavy atom. The van der Waals surface area contributed by atoms with E-state index in [2.05, 4.69) is 21.3 Å². The van der Waals surface area contributed by atoms with Gasteiger partial charge in [0.25, 0.3) is 5.91 Å². The van der Waals surface area contributed by atoms with E-state index < -0.39 is 53.2 Å². The average molecular weight is 686 g/mol. The minimum Gasteiger partial charge on any atom is -0.440 e. The van der Waals surface area contributed by atoms with Crippen LogP contribution in [0.25, 0.3) is 0 Å². The molecule has 2 aliphatic carbocycles. The second-order valence-corrected chi connectivity index (χ2v) is 14.2. The van der Waals surface area contributed by atoms with Gasteiger partial charge >= 0.3 is 6.09 Å². The highest BCUT2D eigenvalue weighted by Gasteiger charge is 2.49. The van der Waals surface area contributed by atoms with Gasteiger partial charge in [0.2, 0.25) is 17.6 Å². The first-order valence-corrected chi connectivity index (χ1v) is 17.1. The molecule has 5 rings (SSSR count). The highest BCUT2D eigenvalue weighted by molar-refractivity contribution is 6.38. The molecule has 3 fully saturated rings. The number of carbonyl (C=O) groups is 5. The Kier molecular flexibility index (Phi) is 11.1. The SMILES string of the molecule is CC(C)C[C@H](NC(=O)OC(c1ccc(Cl)cc1)C1(c2cccc(Cl)c2)CCC1)C(=O)N[C@@H](C[C@@H]1CCNC1=O)C(=O)C(=O)NC1CC1. The molecule has 1 unspecified atom stereocenters. The first kappa shape index (κ1) is 34.7. The van der Waals surface area contributed by atoms with Crippen LogP contribution in [0.4, 0.5) is 4.79 Å². The summed E-state index contributed by atoms with van der Waals surface area (Å²) in [5.74, 6) is -3.00. The van der Waals surface area contributed by atoms with Crippen molar-refractivity contribution in [3.05, 3.63) is 69.7 Å². The van der Waals surface area contributed by atoms with Gasteiger partial charge in [-0.25, -0.2) is 4.79 Å². The van der Waals surface area contributed by atoms with E-state index in [1.54, 1.807) is 18.2 Å². The molecule has 0 aromatic heterocycles. The maximum Gasteiger partial charge on any atom is 0.408 e. The van der Waals surface area contributed by atoms with Gasteiger partial charge in [-0.1, -0.05) is 67.7 Å². The Hall–Kier alpha value is -3.63. The van der Waals surface area contributed by atoms with Crippen molar-refractivity contribution in [1.82, 2.24) is 21.3 Å². The van der Waals surface area contributed by atoms with Gasteiger partial charge in [0.15, 0.2) is 0 Å². The van der Waals surface area contributed by atoms with Crippen molar-refractivity contribution >= 4 is 52.8 Å². The molecule has 2 aromatic carbocycles. The van der Waals surface area contributed by atoms with Crippen LogP contribution in [0.5, 0.6) is 0 Å². The van der Waals surface area contributed by atoms with E-state index in [4.69, 9.17) is 27.9 Å². The van der Waals surface area contributed by atoms with Crippen molar-refractivity contribution in [2.24, 2.45) is 11.8 Å². The summed E-state index contributed by atoms with van der Waals surface area (Å²) in [6.45, 7) is 4.27. The maximum atomic E-state index is 13.8. The highest BCUT2D eigenvalue weighted by Crippen LogP contribution is 2.54. The molecule has 1 aliphatic heterocycles. The molecular formula is C35H42Cl2N4O6. The summed E-state index contributed by atoms with van der Waals surface area (Å²) < 4.78 is 6.20. The first-order valence-electron chi connectivity index (χ1n) is 16.4. The molecule has 47 heavy (non-hydrogen) atoms. The van der Waals surface area contributed by atoms with E-state index in [1.807, 2.05) is 44.2 Å². The summed E-state index contributed by atoms with van der Waals surface area (Å²) >= 11 is 12.6. The second-order valence-electron chi connectivity index (χ2n) is 13.4. The molecule has 3 aliphatic rings. The molecule has 2 saturated carbocycles. The number of hydrogen-bond donors (Lipinski definition) is 4. The standard InChI is InChI=1S/C35H42Cl2N4O6/c1-20(2)17-28(32(44)40-27(18-22-13-16-38-31(22)43)29(42)33(45)39-26-11-12-26)41-34(46)47-30(21-7-9-24(36)10-8-21)35(14-4-15-35)23-5-3-6-25(37)19-23/h3,5-10,19-20,22,26-28,30H,4,11-18H2,1-2H3,(H,38,43)(H,39,45)(H,40,44)(H,41,46)/t22-,27-,28-,30?/m0/s1. The molecule has 12 heteroatoms. The first-order chi connectivity index (χ1) is 22.4. The fourth-order valence-corrected chi connectivity index (χ4v) is 6.80. The molecule has 0 spiro atoms. The molecule has 10 nitrogen and oxygen atoms in total. The summed E-state index contributed by atoms with van der Waals surface area (Å²) in [4.78, 5) is 65.8. The highest BCUT2D eigenvalue weighted by atomic mass is 35.5. The summed E-state index contributed by atoms with van der Waals surface area (Å²) in [5.41, 5.74) is 1.15. The number of alkyl carbamates (subject to hydrolysis) is 1. The predicted molar refractivity (Wildman–Crippen MR) is 178 cm³/mol. The van der Waals surface area contributed by atoms with Crippen molar-refractivity contribution in [2.75, 3.05) is 6.54 Å². The molecule has 1 saturated heterocycles. The van der Waals surface area contributed by atoms with E-state index in [0.717, 1.165) is 43.2 Å². The summed E-state index contributed by atoms with van der Waals surface area (Å²) in [6.07, 6.45) is 3.22. The smallest absolute Gasteiger partial charge is 0.408 e. The van der Waals surface area contributed by atoms with E-state index in [0.29, 0.717) is 23.0 Å². The number of carbonyl (C=O) groups excluding carboxylic acids is 5. The van der Waals surface area contributed by atoms with Gasteiger partial charge in [-0.3, -0.25) is 19.2 Å². The normalized spacial score (nSPS) is 20.3. The fraction of sp³-hybridized carbons (Fsp3) is 0.514. The molecule has 1 heterocycles. The Bertz CT molecular complexity index is 1490. The van der Waals surface area contributed by atoms with Crippen LogP contribution in [-0.2, 0) is 29.3 Å². The van der Waals surface area contributed by atoms with Crippen LogP contribution < -0.4 is 21.3 Å². The lowest BCUT2D eigenvalue weighted by molar-refractivity contribution is -0.141. The van der Waals surface area contributed by atoms with Crippen LogP contribution in [0.1, 0.15) is 82.4 Å². The Balaban J connectivity index is 1.36. The van der Waals surface area contributed by atoms with Crippen LogP contribution in [0.15, 0.2) is 48.5 Å². The molecular weight excluding hydrogens is 643 g/mol. The predicted octanol–water partition coefficient (Wildman–Crippen LogP) is 5.16. The number of amides is 4. The van der Waals surface area contributed by atoms with Gasteiger partial charge in [0.05, 0.1) is 6.04 Å². The molecule has 252 valence electrons. The zero-order chi connectivity index (χ0) is 33.7. The molecule has 4 atom stereocenters. The number of nitrogens with one attached hydrogen (secondary N) is 4. The van der Waals surface area contributed by atoms with Crippen molar-refractivity contribution in [3.63, 3.8) is 0 Å². The number of halogens is 2. The Morgan fingerprint density at radius 2 is 1.68 bits per heavy atom. The van der Waals surface area contributed by atoms with Gasteiger partial charge < -0.3 is 26.0 Å². The second kappa shape index (κ2) is 15.1. The largest absolute Gasteiger partial charge is 0.440 e. The van der Waals surface area contributed by atoms with Crippen molar-refractivity contribution in [1.29, 1.82) is 0 Å². The number of Topliss-reactive ketones (excluding diaryl/α,β-unsaturated/α-hetero) is 1. The molecule has 4 N–H and O–H groups in total. The lowest BCUT2D eigenvalue weighted by atomic mass is 9.60. The minimum absolute atomic E-state index is 0.0181.